The molecule has 3 aromatic rings. The van der Waals surface area contributed by atoms with Gasteiger partial charge in [-0.15, -0.1) is 0 Å². The molecule has 1 aromatic carbocycles. The highest BCUT2D eigenvalue weighted by Gasteiger charge is 2.38. The minimum absolute atomic E-state index is 0.0466. The molecular formula is C22H24N4O2. The second-order valence-corrected chi connectivity index (χ2v) is 7.79. The molecule has 6 nitrogen and oxygen atoms in total. The number of nitrogens with one attached hydrogen (secondary N) is 1. The number of carbonyl (C=O) groups excluding carboxylic acids is 1. The molecule has 0 saturated carbocycles. The van der Waals surface area contributed by atoms with Crippen molar-refractivity contribution in [3.63, 3.8) is 0 Å². The van der Waals surface area contributed by atoms with Crippen LogP contribution in [0.2, 0.25) is 0 Å². The van der Waals surface area contributed by atoms with Gasteiger partial charge in [-0.2, -0.15) is 5.10 Å². The maximum Gasteiger partial charge on any atom is 0.255 e. The van der Waals surface area contributed by atoms with Gasteiger partial charge in [0.15, 0.2) is 0 Å². The third-order valence-corrected chi connectivity index (χ3v) is 5.91. The molecule has 0 spiro atoms. The Morgan fingerprint density at radius 2 is 2.04 bits per heavy atom. The van der Waals surface area contributed by atoms with Crippen LogP contribution in [0.5, 0.6) is 0 Å². The number of hydrogen-bond donors (Lipinski definition) is 1. The minimum atomic E-state index is -0.0466. The molecule has 28 heavy (non-hydrogen) atoms. The Labute approximate surface area is 164 Å². The molecule has 2 saturated heterocycles. The monoisotopic (exact) mass is 376 g/mol. The van der Waals surface area contributed by atoms with Gasteiger partial charge in [-0.05, 0) is 30.5 Å². The number of amides is 1. The van der Waals surface area contributed by atoms with E-state index in [1.54, 1.807) is 10.7 Å². The van der Waals surface area contributed by atoms with E-state index in [2.05, 4.69) is 39.6 Å². The topological polar surface area (TPSA) is 58.9 Å². The molecule has 2 fully saturated rings. The molecule has 5 rings (SSSR count). The predicted molar refractivity (Wildman–Crippen MR) is 106 cm³/mol. The van der Waals surface area contributed by atoms with Crippen molar-refractivity contribution in [1.29, 1.82) is 0 Å². The maximum atomic E-state index is 12.9. The molecule has 0 radical (unpaired) electrons. The number of nitrogens with zero attached hydrogens (tertiary/aromatic N) is 3. The molecule has 2 aliphatic heterocycles. The number of benzene rings is 1. The Morgan fingerprint density at radius 1 is 1.18 bits per heavy atom. The molecule has 1 N–H and O–H groups in total. The number of ether oxygens (including phenoxy) is 1. The van der Waals surface area contributed by atoms with Crippen molar-refractivity contribution in [3.05, 3.63) is 71.5 Å². The van der Waals surface area contributed by atoms with Gasteiger partial charge in [-0.3, -0.25) is 9.69 Å². The van der Waals surface area contributed by atoms with Gasteiger partial charge in [0.25, 0.3) is 5.91 Å². The fraction of sp³-hybridized carbons (Fsp3) is 0.364. The molecule has 0 aliphatic carbocycles. The van der Waals surface area contributed by atoms with Crippen LogP contribution in [0.1, 0.15) is 34.0 Å². The molecule has 0 bridgehead atoms. The van der Waals surface area contributed by atoms with Gasteiger partial charge >= 0.3 is 0 Å². The highest BCUT2D eigenvalue weighted by atomic mass is 16.5. The van der Waals surface area contributed by atoms with Crippen molar-refractivity contribution in [3.8, 4) is 0 Å². The third-order valence-electron chi connectivity index (χ3n) is 5.91. The Hall–Kier alpha value is -2.70. The highest BCUT2D eigenvalue weighted by molar-refractivity contribution is 6.01. The Morgan fingerprint density at radius 3 is 2.89 bits per heavy atom. The molecular weight excluding hydrogens is 352 g/mol. The average molecular weight is 376 g/mol. The summed E-state index contributed by atoms with van der Waals surface area (Å²) < 4.78 is 7.87. The SMILES string of the molecule is Cc1cccn2ncc(C(=O)N[C@@H]3C[C@H]4CO[C@@H](c5ccccc5)CN4C3)c12. The zero-order valence-electron chi connectivity index (χ0n) is 15.9. The predicted octanol–water partition coefficient (Wildman–Crippen LogP) is 2.59. The zero-order valence-corrected chi connectivity index (χ0v) is 15.9. The number of aromatic nitrogens is 2. The lowest BCUT2D eigenvalue weighted by Gasteiger charge is -2.35. The van der Waals surface area contributed by atoms with E-state index in [4.69, 9.17) is 4.74 Å². The number of fused-ring (bicyclic) bond motifs is 2. The van der Waals surface area contributed by atoms with E-state index >= 15 is 0 Å². The van der Waals surface area contributed by atoms with Crippen molar-refractivity contribution in [1.82, 2.24) is 19.8 Å². The summed E-state index contributed by atoms with van der Waals surface area (Å²) >= 11 is 0. The van der Waals surface area contributed by atoms with Gasteiger partial charge in [0, 0.05) is 31.4 Å². The lowest BCUT2D eigenvalue weighted by atomic mass is 10.1. The summed E-state index contributed by atoms with van der Waals surface area (Å²) in [5, 5.41) is 7.54. The first-order chi connectivity index (χ1) is 13.7. The fourth-order valence-electron chi connectivity index (χ4n) is 4.49. The van der Waals surface area contributed by atoms with E-state index < -0.39 is 0 Å². The molecule has 1 amide bonds. The largest absolute Gasteiger partial charge is 0.371 e. The van der Waals surface area contributed by atoms with Crippen molar-refractivity contribution in [2.75, 3.05) is 19.7 Å². The molecule has 4 heterocycles. The zero-order chi connectivity index (χ0) is 19.1. The third kappa shape index (κ3) is 3.08. The van der Waals surface area contributed by atoms with Crippen LogP contribution in [-0.2, 0) is 4.74 Å². The molecule has 3 atom stereocenters. The second-order valence-electron chi connectivity index (χ2n) is 7.79. The number of pyridine rings is 1. The molecule has 6 heteroatoms. The number of hydrogen-bond acceptors (Lipinski definition) is 4. The van der Waals surface area contributed by atoms with Crippen LogP contribution >= 0.6 is 0 Å². The van der Waals surface area contributed by atoms with E-state index in [9.17, 15) is 4.79 Å². The van der Waals surface area contributed by atoms with Crippen LogP contribution in [0.15, 0.2) is 54.9 Å². The average Bonchev–Trinajstić information content (AvgIpc) is 3.32. The van der Waals surface area contributed by atoms with E-state index in [1.165, 1.54) is 5.56 Å². The van der Waals surface area contributed by atoms with Crippen LogP contribution in [0.4, 0.5) is 0 Å². The normalized spacial score (nSPS) is 25.0. The Bertz CT molecular complexity index is 1000. The lowest BCUT2D eigenvalue weighted by molar-refractivity contribution is -0.0502. The van der Waals surface area contributed by atoms with Crippen LogP contribution in [0, 0.1) is 6.92 Å². The van der Waals surface area contributed by atoms with Gasteiger partial charge in [0.2, 0.25) is 0 Å². The van der Waals surface area contributed by atoms with E-state index in [1.807, 2.05) is 31.3 Å². The fourth-order valence-corrected chi connectivity index (χ4v) is 4.49. The number of rotatable bonds is 3. The molecule has 2 aliphatic rings. The maximum absolute atomic E-state index is 12.9. The van der Waals surface area contributed by atoms with Crippen LogP contribution < -0.4 is 5.32 Å². The summed E-state index contributed by atoms with van der Waals surface area (Å²) in [5.41, 5.74) is 3.79. The van der Waals surface area contributed by atoms with Crippen molar-refractivity contribution in [2.24, 2.45) is 0 Å². The van der Waals surface area contributed by atoms with Crippen molar-refractivity contribution < 1.29 is 9.53 Å². The molecule has 144 valence electrons. The summed E-state index contributed by atoms with van der Waals surface area (Å²) in [7, 11) is 0. The standard InChI is InChI=1S/C22H24N4O2/c1-15-6-5-9-26-21(15)19(11-23-26)22(27)24-17-10-18-14-28-20(13-25(18)12-17)16-7-3-2-4-8-16/h2-9,11,17-18,20H,10,12-14H2,1H3,(H,24,27)/t17-,18+,20-/m1/s1. The first kappa shape index (κ1) is 17.4. The van der Waals surface area contributed by atoms with Crippen molar-refractivity contribution in [2.45, 2.75) is 31.5 Å². The summed E-state index contributed by atoms with van der Waals surface area (Å²) in [5.74, 6) is -0.0466. The number of aryl methyl sites for hydroxylation is 1. The number of morpholine rings is 1. The van der Waals surface area contributed by atoms with Gasteiger partial charge in [0.1, 0.15) is 0 Å². The van der Waals surface area contributed by atoms with Crippen molar-refractivity contribution >= 4 is 11.4 Å². The van der Waals surface area contributed by atoms with E-state index in [-0.39, 0.29) is 18.1 Å². The first-order valence-electron chi connectivity index (χ1n) is 9.83. The summed E-state index contributed by atoms with van der Waals surface area (Å²) in [6, 6.07) is 14.8. The quantitative estimate of drug-likeness (QED) is 0.763. The highest BCUT2D eigenvalue weighted by Crippen LogP contribution is 2.30. The minimum Gasteiger partial charge on any atom is -0.371 e. The van der Waals surface area contributed by atoms with Crippen LogP contribution in [0.3, 0.4) is 0 Å². The Balaban J connectivity index is 1.27. The van der Waals surface area contributed by atoms with E-state index in [0.29, 0.717) is 18.2 Å². The molecule has 2 aromatic heterocycles. The lowest BCUT2D eigenvalue weighted by Crippen LogP contribution is -2.43. The summed E-state index contributed by atoms with van der Waals surface area (Å²) in [6.45, 7) is 4.45. The van der Waals surface area contributed by atoms with Gasteiger partial charge in [-0.25, -0.2) is 4.52 Å². The second kappa shape index (κ2) is 7.04. The van der Waals surface area contributed by atoms with Crippen LogP contribution in [0.25, 0.3) is 5.52 Å². The van der Waals surface area contributed by atoms with Gasteiger partial charge in [-0.1, -0.05) is 36.4 Å². The summed E-state index contributed by atoms with van der Waals surface area (Å²) in [4.78, 5) is 15.4. The van der Waals surface area contributed by atoms with Crippen LogP contribution in [-0.4, -0.2) is 52.2 Å². The van der Waals surface area contributed by atoms with E-state index in [0.717, 1.165) is 30.6 Å². The first-order valence-corrected chi connectivity index (χ1v) is 9.83. The van der Waals surface area contributed by atoms with Gasteiger partial charge < -0.3 is 10.1 Å². The molecule has 0 unspecified atom stereocenters. The van der Waals surface area contributed by atoms with Gasteiger partial charge in [0.05, 0.1) is 30.0 Å². The Kier molecular flexibility index (Phi) is 4.37. The number of carbonyl (C=O) groups is 1. The smallest absolute Gasteiger partial charge is 0.255 e. The summed E-state index contributed by atoms with van der Waals surface area (Å²) in [6.07, 6.45) is 4.56.